The number of carboxylic acid groups (broad SMARTS) is 1. The standard InChI is InChI=1S/C22H22N2O6S/c1-15(2)24(21(22(25)26)31(27)28)18-8-10-19(11-9-18)29-13-12-17-14-30-20(23-17)16-6-4-3-5-7-16/h3-11,14-15H,12-13H2,1-2H3,(H,25,26). The van der Waals surface area contributed by atoms with Gasteiger partial charge in [-0.3, -0.25) is 0 Å². The molecule has 8 nitrogen and oxygen atoms in total. The smallest absolute Gasteiger partial charge is 0.368 e. The Morgan fingerprint density at radius 1 is 1.13 bits per heavy atom. The van der Waals surface area contributed by atoms with E-state index in [0.29, 0.717) is 30.4 Å². The molecule has 31 heavy (non-hydrogen) atoms. The summed E-state index contributed by atoms with van der Waals surface area (Å²) in [5, 5.41) is 9.27. The van der Waals surface area contributed by atoms with Crippen LogP contribution in [0, 0.1) is 0 Å². The van der Waals surface area contributed by atoms with Crippen LogP contribution < -0.4 is 9.64 Å². The van der Waals surface area contributed by atoms with Gasteiger partial charge >= 0.3 is 5.97 Å². The molecule has 0 amide bonds. The SMILES string of the molecule is CC(C)N(C(C(=O)O)=S(=O)=O)c1ccc(OCCc2coc(-c3ccccc3)n2)cc1. The lowest BCUT2D eigenvalue weighted by atomic mass is 10.2. The van der Waals surface area contributed by atoms with Crippen molar-refractivity contribution in [2.75, 3.05) is 11.5 Å². The second-order valence-corrected chi connectivity index (χ2v) is 7.77. The summed E-state index contributed by atoms with van der Waals surface area (Å²) in [5.41, 5.74) is 2.10. The number of benzene rings is 2. The Morgan fingerprint density at radius 2 is 1.81 bits per heavy atom. The molecule has 1 N–H and O–H groups in total. The predicted octanol–water partition coefficient (Wildman–Crippen LogP) is 3.27. The maximum absolute atomic E-state index is 11.4. The zero-order valence-corrected chi connectivity index (χ0v) is 17.9. The van der Waals surface area contributed by atoms with Gasteiger partial charge in [-0.05, 0) is 50.2 Å². The highest BCUT2D eigenvalue weighted by molar-refractivity contribution is 7.75. The van der Waals surface area contributed by atoms with Crippen LogP contribution in [0.4, 0.5) is 5.69 Å². The molecule has 0 unspecified atom stereocenters. The van der Waals surface area contributed by atoms with Crippen molar-refractivity contribution in [2.24, 2.45) is 0 Å². The summed E-state index contributed by atoms with van der Waals surface area (Å²) in [6.45, 7) is 3.79. The minimum atomic E-state index is -2.88. The first-order valence-electron chi connectivity index (χ1n) is 9.58. The summed E-state index contributed by atoms with van der Waals surface area (Å²) in [4.78, 5) is 16.4. The topological polar surface area (TPSA) is 110 Å². The molecule has 1 aromatic heterocycles. The molecule has 9 heteroatoms. The van der Waals surface area contributed by atoms with E-state index in [4.69, 9.17) is 9.15 Å². The lowest BCUT2D eigenvalue weighted by Gasteiger charge is -2.26. The number of oxazole rings is 1. The van der Waals surface area contributed by atoms with Gasteiger partial charge in [-0.2, -0.15) is 8.42 Å². The Hall–Kier alpha value is -3.59. The Bertz CT molecular complexity index is 1160. The van der Waals surface area contributed by atoms with Gasteiger partial charge in [0.25, 0.3) is 0 Å². The predicted molar refractivity (Wildman–Crippen MR) is 117 cm³/mol. The van der Waals surface area contributed by atoms with E-state index in [2.05, 4.69) is 4.98 Å². The normalized spacial score (nSPS) is 10.7. The number of aliphatic carboxylic acids is 1. The number of hydrogen-bond donors (Lipinski definition) is 1. The summed E-state index contributed by atoms with van der Waals surface area (Å²) < 4.78 is 34.0. The first-order valence-corrected chi connectivity index (χ1v) is 10.7. The summed E-state index contributed by atoms with van der Waals surface area (Å²) in [6, 6.07) is 15.8. The Kier molecular flexibility index (Phi) is 7.09. The van der Waals surface area contributed by atoms with Gasteiger partial charge in [0.1, 0.15) is 12.0 Å². The van der Waals surface area contributed by atoms with Crippen LogP contribution >= 0.6 is 0 Å². The minimum Gasteiger partial charge on any atom is -0.493 e. The van der Waals surface area contributed by atoms with E-state index in [9.17, 15) is 18.3 Å². The van der Waals surface area contributed by atoms with E-state index in [1.807, 2.05) is 30.3 Å². The molecule has 3 rings (SSSR count). The Balaban J connectivity index is 1.64. The van der Waals surface area contributed by atoms with Crippen molar-refractivity contribution in [1.29, 1.82) is 0 Å². The zero-order valence-electron chi connectivity index (χ0n) is 17.1. The zero-order chi connectivity index (χ0) is 22.4. The lowest BCUT2D eigenvalue weighted by Crippen LogP contribution is -2.42. The highest BCUT2D eigenvalue weighted by Crippen LogP contribution is 2.23. The number of hydrogen-bond acceptors (Lipinski definition) is 6. The second-order valence-electron chi connectivity index (χ2n) is 6.91. The fourth-order valence-electron chi connectivity index (χ4n) is 3.02. The molecule has 0 atom stereocenters. The van der Waals surface area contributed by atoms with Crippen LogP contribution in [0.3, 0.4) is 0 Å². The quantitative estimate of drug-likeness (QED) is 0.555. The van der Waals surface area contributed by atoms with E-state index in [1.165, 1.54) is 4.90 Å². The monoisotopic (exact) mass is 442 g/mol. The molecule has 2 aromatic carbocycles. The average Bonchev–Trinajstić information content (AvgIpc) is 3.21. The van der Waals surface area contributed by atoms with E-state index < -0.39 is 21.3 Å². The van der Waals surface area contributed by atoms with E-state index in [1.54, 1.807) is 44.4 Å². The van der Waals surface area contributed by atoms with Crippen LogP contribution in [-0.4, -0.2) is 42.1 Å². The second kappa shape index (κ2) is 9.94. The molecule has 0 spiro atoms. The van der Waals surface area contributed by atoms with Gasteiger partial charge in [0.05, 0.1) is 12.3 Å². The summed E-state index contributed by atoms with van der Waals surface area (Å²) in [5.74, 6) is -0.390. The van der Waals surface area contributed by atoms with Crippen LogP contribution in [0.25, 0.3) is 11.5 Å². The molecule has 0 aliphatic rings. The number of carboxylic acids is 1. The van der Waals surface area contributed by atoms with Crippen LogP contribution in [0.5, 0.6) is 5.75 Å². The van der Waals surface area contributed by atoms with Crippen molar-refractivity contribution in [1.82, 2.24) is 4.98 Å². The number of rotatable bonds is 7. The van der Waals surface area contributed by atoms with Crippen LogP contribution in [0.1, 0.15) is 19.5 Å². The fraction of sp³-hybridized carbons (Fsp3) is 0.227. The van der Waals surface area contributed by atoms with Crippen molar-refractivity contribution in [3.8, 4) is 17.2 Å². The van der Waals surface area contributed by atoms with Crippen molar-refractivity contribution in [3.05, 3.63) is 66.6 Å². The molecule has 162 valence electrons. The average molecular weight is 442 g/mol. The number of carbonyl (C=O) groups is 1. The molecule has 0 fully saturated rings. The molecule has 0 aliphatic heterocycles. The van der Waals surface area contributed by atoms with Gasteiger partial charge in [-0.15, -0.1) is 0 Å². The van der Waals surface area contributed by atoms with E-state index >= 15 is 0 Å². The maximum Gasteiger partial charge on any atom is 0.368 e. The van der Waals surface area contributed by atoms with Crippen molar-refractivity contribution >= 4 is 26.9 Å². The molecule has 1 heterocycles. The molecule has 0 bridgehead atoms. The molecular weight excluding hydrogens is 420 g/mol. The lowest BCUT2D eigenvalue weighted by molar-refractivity contribution is -0.129. The number of anilines is 1. The molecule has 0 saturated heterocycles. The van der Waals surface area contributed by atoms with Crippen molar-refractivity contribution < 1.29 is 27.5 Å². The van der Waals surface area contributed by atoms with Gasteiger partial charge < -0.3 is 19.2 Å². The minimum absolute atomic E-state index is 0.366. The Labute approximate surface area is 181 Å². The van der Waals surface area contributed by atoms with Gasteiger partial charge in [0, 0.05) is 23.7 Å². The van der Waals surface area contributed by atoms with Crippen LogP contribution in [-0.2, 0) is 21.5 Å². The van der Waals surface area contributed by atoms with Gasteiger partial charge in [0.15, 0.2) is 0 Å². The summed E-state index contributed by atoms with van der Waals surface area (Å²) in [7, 11) is -2.88. The molecule has 0 saturated carbocycles. The van der Waals surface area contributed by atoms with Gasteiger partial charge in [0.2, 0.25) is 21.2 Å². The first-order chi connectivity index (χ1) is 14.9. The number of ether oxygens (including phenoxy) is 1. The maximum atomic E-state index is 11.4. The molecule has 3 aromatic rings. The van der Waals surface area contributed by atoms with Gasteiger partial charge in [-0.1, -0.05) is 18.2 Å². The molecule has 0 aliphatic carbocycles. The number of aromatic nitrogens is 1. The summed E-state index contributed by atoms with van der Waals surface area (Å²) in [6.07, 6.45) is 2.14. The molecule has 0 radical (unpaired) electrons. The van der Waals surface area contributed by atoms with Crippen LogP contribution in [0.15, 0.2) is 65.3 Å². The third-order valence-corrected chi connectivity index (χ3v) is 5.08. The Morgan fingerprint density at radius 3 is 2.39 bits per heavy atom. The molecular formula is C22H22N2O6S. The summed E-state index contributed by atoms with van der Waals surface area (Å²) >= 11 is 0. The van der Waals surface area contributed by atoms with Gasteiger partial charge in [-0.25, -0.2) is 9.78 Å². The first kappa shape index (κ1) is 22.1. The fourth-order valence-corrected chi connectivity index (χ4v) is 3.64. The van der Waals surface area contributed by atoms with Crippen molar-refractivity contribution in [2.45, 2.75) is 26.3 Å². The van der Waals surface area contributed by atoms with Crippen molar-refractivity contribution in [3.63, 3.8) is 0 Å². The van der Waals surface area contributed by atoms with E-state index in [-0.39, 0.29) is 6.04 Å². The third-order valence-electron chi connectivity index (χ3n) is 4.39. The number of nitrogens with zero attached hydrogens (tertiary/aromatic N) is 2. The van der Waals surface area contributed by atoms with Crippen LogP contribution in [0.2, 0.25) is 0 Å². The highest BCUT2D eigenvalue weighted by Gasteiger charge is 2.25. The highest BCUT2D eigenvalue weighted by atomic mass is 32.2. The largest absolute Gasteiger partial charge is 0.493 e. The van der Waals surface area contributed by atoms with E-state index in [0.717, 1.165) is 11.3 Å². The third kappa shape index (κ3) is 5.52.